The average molecular weight is 158 g/mol. The molecule has 0 aromatic heterocycles. The number of hydrogen-bond acceptors (Lipinski definition) is 0. The second-order valence-electron chi connectivity index (χ2n) is 4.27. The van der Waals surface area contributed by atoms with Crippen LogP contribution in [0, 0.1) is 5.41 Å². The van der Waals surface area contributed by atoms with E-state index in [1.54, 1.807) is 0 Å². The van der Waals surface area contributed by atoms with Gasteiger partial charge in [-0.15, -0.1) is 0 Å². The zero-order valence-corrected chi connectivity index (χ0v) is 9.33. The van der Waals surface area contributed by atoms with E-state index in [2.05, 4.69) is 41.5 Å². The summed E-state index contributed by atoms with van der Waals surface area (Å²) in [7, 11) is 0. The molecule has 70 valence electrons. The van der Waals surface area contributed by atoms with Crippen LogP contribution in [0.15, 0.2) is 0 Å². The number of rotatable bonds is 2. The van der Waals surface area contributed by atoms with Gasteiger partial charge in [-0.2, -0.15) is 0 Å². The lowest BCUT2D eigenvalue weighted by atomic mass is 9.94. The predicted octanol–water partition coefficient (Wildman–Crippen LogP) is 4.64. The minimum absolute atomic E-state index is 0.542. The van der Waals surface area contributed by atoms with E-state index in [-0.39, 0.29) is 0 Å². The average Bonchev–Trinajstić information content (AvgIpc) is 1.90. The first-order valence-electron chi connectivity index (χ1n) is 4.97. The minimum atomic E-state index is 0.542. The van der Waals surface area contributed by atoms with Gasteiger partial charge >= 0.3 is 0 Å². The van der Waals surface area contributed by atoms with Crippen molar-refractivity contribution >= 4 is 0 Å². The summed E-state index contributed by atoms with van der Waals surface area (Å²) in [6.07, 6.45) is 5.35. The highest BCUT2D eigenvalue weighted by molar-refractivity contribution is 4.55. The third-order valence-electron chi connectivity index (χ3n) is 1.77. The molecule has 11 heavy (non-hydrogen) atoms. The van der Waals surface area contributed by atoms with Gasteiger partial charge < -0.3 is 0 Å². The molecule has 0 heterocycles. The number of hydrogen-bond donors (Lipinski definition) is 0. The lowest BCUT2D eigenvalue weighted by molar-refractivity contribution is 0.398. The summed E-state index contributed by atoms with van der Waals surface area (Å²) in [5.74, 6) is 0. The van der Waals surface area contributed by atoms with E-state index < -0.39 is 0 Å². The minimum Gasteiger partial charge on any atom is -0.0654 e. The smallest absolute Gasteiger partial charge is 0.0385 e. The predicted molar refractivity (Wildman–Crippen MR) is 54.9 cm³/mol. The molecule has 0 aliphatic carbocycles. The largest absolute Gasteiger partial charge is 0.0654 e. The molecule has 0 rings (SSSR count). The van der Waals surface area contributed by atoms with Crippen molar-refractivity contribution in [3.05, 3.63) is 0 Å². The SMILES string of the molecule is CCC(C)(C)C.CCCCC. The Kier molecular flexibility index (Phi) is 10.0. The van der Waals surface area contributed by atoms with Crippen molar-refractivity contribution in [1.82, 2.24) is 0 Å². The fraction of sp³-hybridized carbons (Fsp3) is 1.00. The molecule has 0 saturated heterocycles. The molecule has 0 aliphatic heterocycles. The molecule has 0 nitrogen and oxygen atoms in total. The standard InChI is InChI=1S/C6H14.C5H12/c1-5-6(2,3)4;1-3-5-4-2/h5H2,1-4H3;3-5H2,1-2H3. The summed E-state index contributed by atoms with van der Waals surface area (Å²) in [6.45, 7) is 13.4. The first-order chi connectivity index (χ1) is 4.97. The second-order valence-corrected chi connectivity index (χ2v) is 4.27. The number of unbranched alkanes of at least 4 members (excludes halogenated alkanes) is 2. The third-order valence-corrected chi connectivity index (χ3v) is 1.77. The zero-order chi connectivity index (χ0) is 9.33. The van der Waals surface area contributed by atoms with Crippen LogP contribution in [0.5, 0.6) is 0 Å². The van der Waals surface area contributed by atoms with Crippen molar-refractivity contribution in [3.63, 3.8) is 0 Å². The molecule has 0 spiro atoms. The Morgan fingerprint density at radius 3 is 1.09 bits per heavy atom. The monoisotopic (exact) mass is 158 g/mol. The molecule has 0 atom stereocenters. The Balaban J connectivity index is 0. The van der Waals surface area contributed by atoms with Gasteiger partial charge in [-0.05, 0) is 5.41 Å². The van der Waals surface area contributed by atoms with E-state index in [0.29, 0.717) is 5.41 Å². The van der Waals surface area contributed by atoms with Crippen molar-refractivity contribution in [2.24, 2.45) is 5.41 Å². The lowest BCUT2D eigenvalue weighted by Crippen LogP contribution is -2.00. The summed E-state index contributed by atoms with van der Waals surface area (Å²) >= 11 is 0. The maximum Gasteiger partial charge on any atom is -0.0385 e. The van der Waals surface area contributed by atoms with Gasteiger partial charge in [0.05, 0.1) is 0 Å². The van der Waals surface area contributed by atoms with E-state index in [4.69, 9.17) is 0 Å². The van der Waals surface area contributed by atoms with Crippen LogP contribution in [0.25, 0.3) is 0 Å². The van der Waals surface area contributed by atoms with Gasteiger partial charge in [-0.25, -0.2) is 0 Å². The Morgan fingerprint density at radius 1 is 0.818 bits per heavy atom. The van der Waals surface area contributed by atoms with Gasteiger partial charge in [0, 0.05) is 0 Å². The Bertz CT molecular complexity index is 54.9. The van der Waals surface area contributed by atoms with Crippen LogP contribution in [-0.4, -0.2) is 0 Å². The Labute approximate surface area is 73.4 Å². The van der Waals surface area contributed by atoms with Gasteiger partial charge in [-0.1, -0.05) is 67.2 Å². The van der Waals surface area contributed by atoms with Crippen molar-refractivity contribution in [1.29, 1.82) is 0 Å². The van der Waals surface area contributed by atoms with Gasteiger partial charge in [-0.3, -0.25) is 0 Å². The first-order valence-corrected chi connectivity index (χ1v) is 4.97. The normalized spacial score (nSPS) is 10.4. The van der Waals surface area contributed by atoms with Crippen LogP contribution < -0.4 is 0 Å². The molecule has 0 fully saturated rings. The van der Waals surface area contributed by atoms with Gasteiger partial charge in [0.2, 0.25) is 0 Å². The highest BCUT2D eigenvalue weighted by Crippen LogP contribution is 2.16. The maximum absolute atomic E-state index is 2.24. The molecule has 0 radical (unpaired) electrons. The quantitative estimate of drug-likeness (QED) is 0.549. The molecule has 0 aromatic rings. The highest BCUT2D eigenvalue weighted by Gasteiger charge is 2.03. The van der Waals surface area contributed by atoms with Crippen LogP contribution in [0.3, 0.4) is 0 Å². The van der Waals surface area contributed by atoms with E-state index >= 15 is 0 Å². The zero-order valence-electron chi connectivity index (χ0n) is 9.33. The summed E-state index contributed by atoms with van der Waals surface area (Å²) in [4.78, 5) is 0. The van der Waals surface area contributed by atoms with E-state index in [0.717, 1.165) is 0 Å². The maximum atomic E-state index is 2.24. The first kappa shape index (κ1) is 13.6. The van der Waals surface area contributed by atoms with Crippen molar-refractivity contribution in [2.75, 3.05) is 0 Å². The molecule has 0 N–H and O–H groups in total. The van der Waals surface area contributed by atoms with Crippen molar-refractivity contribution in [2.45, 2.75) is 67.2 Å². The van der Waals surface area contributed by atoms with Gasteiger partial charge in [0.15, 0.2) is 0 Å². The topological polar surface area (TPSA) is 0 Å². The Hall–Kier alpha value is 0. The van der Waals surface area contributed by atoms with Crippen LogP contribution in [0.1, 0.15) is 67.2 Å². The molecule has 0 aliphatic rings. The van der Waals surface area contributed by atoms with Crippen molar-refractivity contribution in [3.8, 4) is 0 Å². The fourth-order valence-corrected chi connectivity index (χ4v) is 0.354. The van der Waals surface area contributed by atoms with E-state index in [1.165, 1.54) is 25.7 Å². The van der Waals surface area contributed by atoms with Crippen LogP contribution in [-0.2, 0) is 0 Å². The summed E-state index contributed by atoms with van der Waals surface area (Å²) in [6, 6.07) is 0. The summed E-state index contributed by atoms with van der Waals surface area (Å²) < 4.78 is 0. The fourth-order valence-electron chi connectivity index (χ4n) is 0.354. The third kappa shape index (κ3) is 25.6. The highest BCUT2D eigenvalue weighted by atomic mass is 14.1. The van der Waals surface area contributed by atoms with Gasteiger partial charge in [0.1, 0.15) is 0 Å². The molecule has 0 heteroatoms. The molecular formula is C11H26. The van der Waals surface area contributed by atoms with Crippen LogP contribution in [0.2, 0.25) is 0 Å². The van der Waals surface area contributed by atoms with E-state index in [9.17, 15) is 0 Å². The molecule has 0 amide bonds. The molecule has 0 unspecified atom stereocenters. The molecule has 0 bridgehead atoms. The molecular weight excluding hydrogens is 132 g/mol. The second kappa shape index (κ2) is 8.10. The van der Waals surface area contributed by atoms with Gasteiger partial charge in [0.25, 0.3) is 0 Å². The van der Waals surface area contributed by atoms with Crippen LogP contribution >= 0.6 is 0 Å². The summed E-state index contributed by atoms with van der Waals surface area (Å²) in [5.41, 5.74) is 0.542. The molecule has 0 aromatic carbocycles. The van der Waals surface area contributed by atoms with E-state index in [1.807, 2.05) is 0 Å². The lowest BCUT2D eigenvalue weighted by Gasteiger charge is -2.12. The van der Waals surface area contributed by atoms with Crippen molar-refractivity contribution < 1.29 is 0 Å². The van der Waals surface area contributed by atoms with Crippen LogP contribution in [0.4, 0.5) is 0 Å². The molecule has 0 saturated carbocycles. The Morgan fingerprint density at radius 2 is 1.09 bits per heavy atom. The summed E-state index contributed by atoms with van der Waals surface area (Å²) in [5, 5.41) is 0.